The molecular weight excluding hydrogens is 212 g/mol. The van der Waals surface area contributed by atoms with Gasteiger partial charge in [-0.15, -0.1) is 0 Å². The van der Waals surface area contributed by atoms with E-state index in [1.54, 1.807) is 6.07 Å². The normalized spacial score (nSPS) is 11.0. The number of aryl methyl sites for hydroxylation is 3. The van der Waals surface area contributed by atoms with Crippen LogP contribution in [0.1, 0.15) is 17.5 Å². The van der Waals surface area contributed by atoms with Crippen molar-refractivity contribution in [2.45, 2.75) is 26.8 Å². The van der Waals surface area contributed by atoms with Crippen molar-refractivity contribution in [1.82, 2.24) is 4.57 Å². The molecule has 2 aromatic rings. The molecule has 2 rings (SSSR count). The Morgan fingerprint density at radius 3 is 2.71 bits per heavy atom. The molecule has 90 valence electrons. The number of benzene rings is 1. The quantitative estimate of drug-likeness (QED) is 0.876. The van der Waals surface area contributed by atoms with Crippen molar-refractivity contribution in [3.05, 3.63) is 45.7 Å². The van der Waals surface area contributed by atoms with Gasteiger partial charge in [-0.3, -0.25) is 4.79 Å². The SMILES string of the molecule is Cc1cc(=O)n(CCCN)c2c(C)cccc12. The second-order valence-corrected chi connectivity index (χ2v) is 4.43. The molecule has 0 amide bonds. The zero-order valence-corrected chi connectivity index (χ0v) is 10.4. The Labute approximate surface area is 101 Å². The molecule has 0 aliphatic heterocycles. The largest absolute Gasteiger partial charge is 0.330 e. The van der Waals surface area contributed by atoms with Crippen molar-refractivity contribution < 1.29 is 0 Å². The van der Waals surface area contributed by atoms with E-state index in [1.807, 2.05) is 30.5 Å². The molecule has 0 saturated heterocycles. The summed E-state index contributed by atoms with van der Waals surface area (Å²) in [5.74, 6) is 0. The number of pyridine rings is 1. The zero-order chi connectivity index (χ0) is 12.4. The number of fused-ring (bicyclic) bond motifs is 1. The van der Waals surface area contributed by atoms with E-state index < -0.39 is 0 Å². The minimum absolute atomic E-state index is 0.0674. The monoisotopic (exact) mass is 230 g/mol. The van der Waals surface area contributed by atoms with Crippen LogP contribution >= 0.6 is 0 Å². The van der Waals surface area contributed by atoms with E-state index >= 15 is 0 Å². The molecule has 0 aliphatic carbocycles. The smallest absolute Gasteiger partial charge is 0.251 e. The minimum Gasteiger partial charge on any atom is -0.330 e. The van der Waals surface area contributed by atoms with E-state index in [9.17, 15) is 4.79 Å². The number of nitrogens with zero attached hydrogens (tertiary/aromatic N) is 1. The lowest BCUT2D eigenvalue weighted by Crippen LogP contribution is -2.22. The number of hydrogen-bond donors (Lipinski definition) is 1. The summed E-state index contributed by atoms with van der Waals surface area (Å²) in [4.78, 5) is 12.0. The van der Waals surface area contributed by atoms with E-state index in [4.69, 9.17) is 5.73 Å². The fraction of sp³-hybridized carbons (Fsp3) is 0.357. The summed E-state index contributed by atoms with van der Waals surface area (Å²) < 4.78 is 1.84. The Morgan fingerprint density at radius 2 is 2.00 bits per heavy atom. The Balaban J connectivity index is 2.76. The van der Waals surface area contributed by atoms with Crippen LogP contribution in [0.3, 0.4) is 0 Å². The highest BCUT2D eigenvalue weighted by molar-refractivity contribution is 5.85. The van der Waals surface area contributed by atoms with Crippen molar-refractivity contribution in [2.75, 3.05) is 6.54 Å². The lowest BCUT2D eigenvalue weighted by molar-refractivity contribution is 0.649. The third kappa shape index (κ3) is 2.11. The number of nitrogens with two attached hydrogens (primary N) is 1. The first-order valence-electron chi connectivity index (χ1n) is 5.95. The molecule has 0 aliphatic rings. The molecule has 0 saturated carbocycles. The number of rotatable bonds is 3. The molecule has 1 aromatic heterocycles. The second kappa shape index (κ2) is 4.72. The Morgan fingerprint density at radius 1 is 1.24 bits per heavy atom. The first-order chi connectivity index (χ1) is 8.15. The first kappa shape index (κ1) is 11.9. The molecular formula is C14H18N2O. The molecule has 2 N–H and O–H groups in total. The summed E-state index contributed by atoms with van der Waals surface area (Å²) in [7, 11) is 0. The van der Waals surface area contributed by atoms with Gasteiger partial charge in [-0.2, -0.15) is 0 Å². The standard InChI is InChI=1S/C14H18N2O/c1-10-5-3-6-12-11(2)9-13(17)16(14(10)12)8-4-7-15/h3,5-6,9H,4,7-8,15H2,1-2H3. The predicted octanol–water partition coefficient (Wildman–Crippen LogP) is 1.97. The Bertz CT molecular complexity index is 599. The molecule has 3 heteroatoms. The molecule has 1 aromatic carbocycles. The van der Waals surface area contributed by atoms with Gasteiger partial charge in [-0.05, 0) is 37.9 Å². The third-order valence-corrected chi connectivity index (χ3v) is 3.12. The van der Waals surface area contributed by atoms with Gasteiger partial charge in [0.05, 0.1) is 5.52 Å². The maximum atomic E-state index is 12.0. The Hall–Kier alpha value is -1.61. The van der Waals surface area contributed by atoms with E-state index in [0.717, 1.165) is 28.5 Å². The summed E-state index contributed by atoms with van der Waals surface area (Å²) in [5.41, 5.74) is 8.82. The maximum absolute atomic E-state index is 12.0. The molecule has 0 fully saturated rings. The van der Waals surface area contributed by atoms with Crippen LogP contribution in [0.2, 0.25) is 0 Å². The van der Waals surface area contributed by atoms with Gasteiger partial charge in [0.2, 0.25) is 0 Å². The fourth-order valence-corrected chi connectivity index (χ4v) is 2.26. The van der Waals surface area contributed by atoms with Crippen LogP contribution in [0.15, 0.2) is 29.1 Å². The van der Waals surface area contributed by atoms with Crippen LogP contribution in [-0.2, 0) is 6.54 Å². The van der Waals surface area contributed by atoms with Gasteiger partial charge in [-0.25, -0.2) is 0 Å². The third-order valence-electron chi connectivity index (χ3n) is 3.12. The van der Waals surface area contributed by atoms with Crippen molar-refractivity contribution in [1.29, 1.82) is 0 Å². The lowest BCUT2D eigenvalue weighted by Gasteiger charge is -2.13. The maximum Gasteiger partial charge on any atom is 0.251 e. The summed E-state index contributed by atoms with van der Waals surface area (Å²) in [5, 5.41) is 1.15. The van der Waals surface area contributed by atoms with Crippen molar-refractivity contribution >= 4 is 10.9 Å². The molecule has 0 unspecified atom stereocenters. The highest BCUT2D eigenvalue weighted by Crippen LogP contribution is 2.19. The molecule has 0 radical (unpaired) electrons. The summed E-state index contributed by atoms with van der Waals surface area (Å²) in [6, 6.07) is 7.84. The predicted molar refractivity (Wildman–Crippen MR) is 71.4 cm³/mol. The number of aromatic nitrogens is 1. The molecule has 1 heterocycles. The molecule has 0 bridgehead atoms. The van der Waals surface area contributed by atoms with E-state index in [-0.39, 0.29) is 5.56 Å². The van der Waals surface area contributed by atoms with Crippen molar-refractivity contribution in [3.8, 4) is 0 Å². The first-order valence-corrected chi connectivity index (χ1v) is 5.95. The van der Waals surface area contributed by atoms with Crippen LogP contribution in [-0.4, -0.2) is 11.1 Å². The van der Waals surface area contributed by atoms with E-state index in [0.29, 0.717) is 13.1 Å². The average molecular weight is 230 g/mol. The average Bonchev–Trinajstić information content (AvgIpc) is 2.30. The van der Waals surface area contributed by atoms with Crippen LogP contribution in [0.25, 0.3) is 10.9 Å². The van der Waals surface area contributed by atoms with Gasteiger partial charge < -0.3 is 10.3 Å². The number of hydrogen-bond acceptors (Lipinski definition) is 2. The summed E-state index contributed by atoms with van der Waals surface area (Å²) in [6.45, 7) is 5.32. The fourth-order valence-electron chi connectivity index (χ4n) is 2.26. The van der Waals surface area contributed by atoms with Crippen LogP contribution < -0.4 is 11.3 Å². The van der Waals surface area contributed by atoms with Gasteiger partial charge in [0, 0.05) is 18.0 Å². The van der Waals surface area contributed by atoms with Crippen molar-refractivity contribution in [3.63, 3.8) is 0 Å². The van der Waals surface area contributed by atoms with Crippen molar-refractivity contribution in [2.24, 2.45) is 5.73 Å². The minimum atomic E-state index is 0.0674. The highest BCUT2D eigenvalue weighted by atomic mass is 16.1. The molecule has 3 nitrogen and oxygen atoms in total. The van der Waals surface area contributed by atoms with E-state index in [1.165, 1.54) is 0 Å². The molecule has 0 spiro atoms. The zero-order valence-electron chi connectivity index (χ0n) is 10.4. The van der Waals surface area contributed by atoms with Gasteiger partial charge >= 0.3 is 0 Å². The van der Waals surface area contributed by atoms with Gasteiger partial charge in [0.25, 0.3) is 5.56 Å². The second-order valence-electron chi connectivity index (χ2n) is 4.43. The van der Waals surface area contributed by atoms with Gasteiger partial charge in [0.15, 0.2) is 0 Å². The van der Waals surface area contributed by atoms with E-state index in [2.05, 4.69) is 6.07 Å². The number of para-hydroxylation sites is 1. The summed E-state index contributed by atoms with van der Waals surface area (Å²) in [6.07, 6.45) is 0.826. The van der Waals surface area contributed by atoms with Crippen LogP contribution in [0.4, 0.5) is 0 Å². The van der Waals surface area contributed by atoms with Crippen LogP contribution in [0, 0.1) is 13.8 Å². The lowest BCUT2D eigenvalue weighted by atomic mass is 10.1. The highest BCUT2D eigenvalue weighted by Gasteiger charge is 2.07. The van der Waals surface area contributed by atoms with Crippen LogP contribution in [0.5, 0.6) is 0 Å². The topological polar surface area (TPSA) is 48.0 Å². The molecule has 17 heavy (non-hydrogen) atoms. The van der Waals surface area contributed by atoms with Gasteiger partial charge in [-0.1, -0.05) is 18.2 Å². The van der Waals surface area contributed by atoms with Gasteiger partial charge in [0.1, 0.15) is 0 Å². The Kier molecular flexibility index (Phi) is 3.29. The molecule has 0 atom stereocenters. The summed E-state index contributed by atoms with van der Waals surface area (Å²) >= 11 is 0.